The summed E-state index contributed by atoms with van der Waals surface area (Å²) >= 11 is 5.41. The minimum Gasteiger partial charge on any atom is -0.496 e. The maximum atomic E-state index is 5.34. The molecule has 2 nitrogen and oxygen atoms in total. The molecule has 0 radical (unpaired) electrons. The average Bonchev–Trinajstić information content (AvgIpc) is 2.75. The van der Waals surface area contributed by atoms with Crippen LogP contribution in [0.1, 0.15) is 34.5 Å². The molecule has 0 saturated carbocycles. The molecular formula is C16H20BrNOS. The molecule has 20 heavy (non-hydrogen) atoms. The van der Waals surface area contributed by atoms with Crippen LogP contribution in [0.5, 0.6) is 5.75 Å². The van der Waals surface area contributed by atoms with Gasteiger partial charge in [0.1, 0.15) is 5.75 Å². The molecule has 0 aliphatic carbocycles. The highest BCUT2D eigenvalue weighted by Crippen LogP contribution is 2.35. The van der Waals surface area contributed by atoms with Crippen molar-refractivity contribution in [2.75, 3.05) is 13.7 Å². The fourth-order valence-corrected chi connectivity index (χ4v) is 3.97. The molecule has 1 heterocycles. The lowest BCUT2D eigenvalue weighted by Gasteiger charge is -2.18. The fraction of sp³-hybridized carbons (Fsp3) is 0.375. The van der Waals surface area contributed by atoms with E-state index < -0.39 is 0 Å². The quantitative estimate of drug-likeness (QED) is 0.830. The molecule has 0 fully saturated rings. The molecular weight excluding hydrogens is 334 g/mol. The van der Waals surface area contributed by atoms with Crippen molar-refractivity contribution in [1.82, 2.24) is 5.32 Å². The summed E-state index contributed by atoms with van der Waals surface area (Å²) < 4.78 is 6.55. The van der Waals surface area contributed by atoms with Crippen molar-refractivity contribution in [3.05, 3.63) is 49.6 Å². The first-order valence-electron chi connectivity index (χ1n) is 6.70. The molecule has 0 amide bonds. The van der Waals surface area contributed by atoms with Gasteiger partial charge in [0, 0.05) is 4.88 Å². The Morgan fingerprint density at radius 2 is 2.00 bits per heavy atom. The molecule has 2 rings (SSSR count). The summed E-state index contributed by atoms with van der Waals surface area (Å²) in [4.78, 5) is 1.33. The maximum Gasteiger partial charge on any atom is 0.121 e. The molecule has 1 atom stereocenters. The molecule has 2 aromatic rings. The van der Waals surface area contributed by atoms with Crippen LogP contribution in [0.4, 0.5) is 0 Å². The van der Waals surface area contributed by atoms with E-state index in [0.29, 0.717) is 0 Å². The largest absolute Gasteiger partial charge is 0.496 e. The number of thiophene rings is 1. The van der Waals surface area contributed by atoms with E-state index in [0.717, 1.165) is 12.3 Å². The van der Waals surface area contributed by atoms with Crippen LogP contribution in [0.2, 0.25) is 0 Å². The third-order valence-corrected chi connectivity index (χ3v) is 5.52. The topological polar surface area (TPSA) is 21.3 Å². The Morgan fingerprint density at radius 1 is 1.25 bits per heavy atom. The van der Waals surface area contributed by atoms with E-state index in [1.54, 1.807) is 18.4 Å². The van der Waals surface area contributed by atoms with E-state index in [4.69, 9.17) is 4.74 Å². The second-order valence-electron chi connectivity index (χ2n) is 4.83. The number of aryl methyl sites for hydroxylation is 2. The van der Waals surface area contributed by atoms with Crippen molar-refractivity contribution < 1.29 is 4.74 Å². The lowest BCUT2D eigenvalue weighted by Crippen LogP contribution is -2.21. The zero-order chi connectivity index (χ0) is 14.7. The van der Waals surface area contributed by atoms with E-state index in [9.17, 15) is 0 Å². The Balaban J connectivity index is 2.40. The Kier molecular flexibility index (Phi) is 5.24. The molecule has 0 spiro atoms. The van der Waals surface area contributed by atoms with Crippen LogP contribution in [0, 0.1) is 13.8 Å². The van der Waals surface area contributed by atoms with Gasteiger partial charge >= 0.3 is 0 Å². The van der Waals surface area contributed by atoms with Gasteiger partial charge in [-0.1, -0.05) is 19.1 Å². The lowest BCUT2D eigenvalue weighted by molar-refractivity contribution is 0.411. The summed E-state index contributed by atoms with van der Waals surface area (Å²) in [6.07, 6.45) is 0. The fourth-order valence-electron chi connectivity index (χ4n) is 2.29. The number of ether oxygens (including phenoxy) is 1. The van der Waals surface area contributed by atoms with Gasteiger partial charge in [-0.25, -0.2) is 0 Å². The van der Waals surface area contributed by atoms with Crippen LogP contribution in [0.15, 0.2) is 28.1 Å². The van der Waals surface area contributed by atoms with E-state index >= 15 is 0 Å². The summed E-state index contributed by atoms with van der Waals surface area (Å²) in [5, 5.41) is 3.57. The molecule has 1 aromatic heterocycles. The van der Waals surface area contributed by atoms with Gasteiger partial charge in [-0.2, -0.15) is 0 Å². The van der Waals surface area contributed by atoms with E-state index in [2.05, 4.69) is 60.2 Å². The summed E-state index contributed by atoms with van der Waals surface area (Å²) in [7, 11) is 1.71. The van der Waals surface area contributed by atoms with Crippen molar-refractivity contribution in [2.45, 2.75) is 26.8 Å². The molecule has 4 heteroatoms. The predicted molar refractivity (Wildman–Crippen MR) is 90.0 cm³/mol. The molecule has 0 bridgehead atoms. The van der Waals surface area contributed by atoms with E-state index in [1.807, 2.05) is 6.07 Å². The molecule has 1 unspecified atom stereocenters. The van der Waals surface area contributed by atoms with Gasteiger partial charge in [-0.15, -0.1) is 11.3 Å². The Morgan fingerprint density at radius 3 is 2.50 bits per heavy atom. The average molecular weight is 354 g/mol. The van der Waals surface area contributed by atoms with E-state index in [1.165, 1.54) is 25.4 Å². The van der Waals surface area contributed by atoms with Gasteiger partial charge < -0.3 is 10.1 Å². The van der Waals surface area contributed by atoms with Gasteiger partial charge in [-0.3, -0.25) is 0 Å². The van der Waals surface area contributed by atoms with Crippen molar-refractivity contribution in [3.63, 3.8) is 0 Å². The predicted octanol–water partition coefficient (Wildman–Crippen LogP) is 4.83. The van der Waals surface area contributed by atoms with Crippen LogP contribution < -0.4 is 10.1 Å². The number of hydrogen-bond donors (Lipinski definition) is 1. The van der Waals surface area contributed by atoms with Gasteiger partial charge in [-0.05, 0) is 65.1 Å². The summed E-state index contributed by atoms with van der Waals surface area (Å²) in [5.74, 6) is 0.938. The summed E-state index contributed by atoms with van der Waals surface area (Å²) in [6, 6.07) is 8.88. The number of rotatable bonds is 5. The molecule has 0 saturated heterocycles. The summed E-state index contributed by atoms with van der Waals surface area (Å²) in [6.45, 7) is 7.29. The first-order valence-corrected chi connectivity index (χ1v) is 8.31. The molecule has 0 aliphatic rings. The van der Waals surface area contributed by atoms with Gasteiger partial charge in [0.2, 0.25) is 0 Å². The Bertz CT molecular complexity index is 575. The Hall–Kier alpha value is -0.840. The third kappa shape index (κ3) is 3.25. The van der Waals surface area contributed by atoms with Crippen LogP contribution >= 0.6 is 27.3 Å². The molecule has 1 aromatic carbocycles. The third-order valence-electron chi connectivity index (χ3n) is 3.32. The second kappa shape index (κ2) is 6.74. The minimum absolute atomic E-state index is 0.236. The maximum absolute atomic E-state index is 5.34. The lowest BCUT2D eigenvalue weighted by atomic mass is 10.0. The highest BCUT2D eigenvalue weighted by atomic mass is 79.9. The number of hydrogen-bond acceptors (Lipinski definition) is 3. The molecule has 0 aliphatic heterocycles. The first kappa shape index (κ1) is 15.5. The van der Waals surface area contributed by atoms with E-state index in [-0.39, 0.29) is 6.04 Å². The SMILES string of the molecule is CCNC(c1ccc(OC)c(C)c1)c1cc(C)c(Br)s1. The number of nitrogens with one attached hydrogen (secondary N) is 1. The van der Waals surface area contributed by atoms with Crippen molar-refractivity contribution >= 4 is 27.3 Å². The smallest absolute Gasteiger partial charge is 0.121 e. The first-order chi connectivity index (χ1) is 9.56. The zero-order valence-electron chi connectivity index (χ0n) is 12.3. The highest BCUT2D eigenvalue weighted by Gasteiger charge is 2.17. The highest BCUT2D eigenvalue weighted by molar-refractivity contribution is 9.11. The van der Waals surface area contributed by atoms with Crippen molar-refractivity contribution in [1.29, 1.82) is 0 Å². The zero-order valence-corrected chi connectivity index (χ0v) is 14.7. The van der Waals surface area contributed by atoms with Gasteiger partial charge in [0.25, 0.3) is 0 Å². The number of benzene rings is 1. The van der Waals surface area contributed by atoms with Gasteiger partial charge in [0.15, 0.2) is 0 Å². The number of methoxy groups -OCH3 is 1. The van der Waals surface area contributed by atoms with Crippen molar-refractivity contribution in [3.8, 4) is 5.75 Å². The second-order valence-corrected chi connectivity index (χ2v) is 7.23. The summed E-state index contributed by atoms with van der Waals surface area (Å²) in [5.41, 5.74) is 3.73. The molecule has 1 N–H and O–H groups in total. The molecule has 108 valence electrons. The van der Waals surface area contributed by atoms with Gasteiger partial charge in [0.05, 0.1) is 16.9 Å². The van der Waals surface area contributed by atoms with Crippen LogP contribution in [-0.4, -0.2) is 13.7 Å². The van der Waals surface area contributed by atoms with Crippen LogP contribution in [0.25, 0.3) is 0 Å². The monoisotopic (exact) mass is 353 g/mol. The minimum atomic E-state index is 0.236. The number of halogens is 1. The standard InChI is InChI=1S/C16H20BrNOS/c1-5-18-15(14-9-11(3)16(17)20-14)12-6-7-13(19-4)10(2)8-12/h6-9,15,18H,5H2,1-4H3. The van der Waals surface area contributed by atoms with Crippen LogP contribution in [-0.2, 0) is 0 Å². The Labute approximate surface area is 133 Å². The van der Waals surface area contributed by atoms with Crippen molar-refractivity contribution in [2.24, 2.45) is 0 Å². The normalized spacial score (nSPS) is 12.4. The van der Waals surface area contributed by atoms with Crippen LogP contribution in [0.3, 0.4) is 0 Å².